The fraction of sp³-hybridized carbons (Fsp3) is 0.562. The molecule has 0 heterocycles. The number of hydrogen-bond donors (Lipinski definition) is 0. The van der Waals surface area contributed by atoms with E-state index in [4.69, 9.17) is 11.6 Å². The lowest BCUT2D eigenvalue weighted by atomic mass is 10.1. The first-order valence-electron chi connectivity index (χ1n) is 7.58. The SMILES string of the molecule is CN(CCc1ccc(Cl)cc1)C(=O)CS(=O)(=O)C1CCCC1. The van der Waals surface area contributed by atoms with E-state index in [0.717, 1.165) is 18.4 Å². The minimum atomic E-state index is -3.30. The minimum absolute atomic E-state index is 0.318. The molecule has 0 bridgehead atoms. The van der Waals surface area contributed by atoms with Gasteiger partial charge in [0.25, 0.3) is 0 Å². The molecule has 1 aromatic carbocycles. The lowest BCUT2D eigenvalue weighted by Gasteiger charge is -2.18. The maximum atomic E-state index is 12.2. The van der Waals surface area contributed by atoms with Gasteiger partial charge in [-0.2, -0.15) is 0 Å². The first-order valence-corrected chi connectivity index (χ1v) is 9.68. The normalized spacial score (nSPS) is 15.9. The molecular weight excluding hydrogens is 322 g/mol. The molecule has 0 aliphatic heterocycles. The molecule has 4 nitrogen and oxygen atoms in total. The van der Waals surface area contributed by atoms with Crippen LogP contribution in [0.4, 0.5) is 0 Å². The van der Waals surface area contributed by atoms with Crippen LogP contribution < -0.4 is 0 Å². The lowest BCUT2D eigenvalue weighted by Crippen LogP contribution is -2.36. The Balaban J connectivity index is 1.85. The summed E-state index contributed by atoms with van der Waals surface area (Å²) in [6.07, 6.45) is 3.98. The van der Waals surface area contributed by atoms with Crippen LogP contribution in [0.1, 0.15) is 31.2 Å². The van der Waals surface area contributed by atoms with Gasteiger partial charge >= 0.3 is 0 Å². The van der Waals surface area contributed by atoms with Crippen LogP contribution in [0.2, 0.25) is 5.02 Å². The molecule has 1 amide bonds. The molecule has 1 fully saturated rings. The molecule has 1 saturated carbocycles. The molecule has 122 valence electrons. The Hall–Kier alpha value is -1.07. The summed E-state index contributed by atoms with van der Waals surface area (Å²) in [5.74, 6) is -0.685. The highest BCUT2D eigenvalue weighted by atomic mass is 35.5. The van der Waals surface area contributed by atoms with Crippen LogP contribution in [0.25, 0.3) is 0 Å². The summed E-state index contributed by atoms with van der Waals surface area (Å²) < 4.78 is 24.4. The van der Waals surface area contributed by atoms with E-state index in [9.17, 15) is 13.2 Å². The molecule has 0 radical (unpaired) electrons. The van der Waals surface area contributed by atoms with Crippen molar-refractivity contribution in [3.63, 3.8) is 0 Å². The van der Waals surface area contributed by atoms with Crippen LogP contribution in [0.5, 0.6) is 0 Å². The summed E-state index contributed by atoms with van der Waals surface area (Å²) in [6, 6.07) is 7.44. The zero-order valence-electron chi connectivity index (χ0n) is 12.8. The first-order chi connectivity index (χ1) is 10.4. The molecule has 6 heteroatoms. The number of carbonyl (C=O) groups excluding carboxylic acids is 1. The van der Waals surface area contributed by atoms with E-state index in [1.165, 1.54) is 4.90 Å². The number of nitrogens with zero attached hydrogens (tertiary/aromatic N) is 1. The molecule has 1 aliphatic carbocycles. The van der Waals surface area contributed by atoms with Gasteiger partial charge in [-0.3, -0.25) is 4.79 Å². The third-order valence-corrected chi connectivity index (χ3v) is 6.60. The maximum absolute atomic E-state index is 12.2. The van der Waals surface area contributed by atoms with Crippen LogP contribution in [0, 0.1) is 0 Å². The topological polar surface area (TPSA) is 54.5 Å². The van der Waals surface area contributed by atoms with Crippen molar-refractivity contribution in [3.8, 4) is 0 Å². The molecule has 0 unspecified atom stereocenters. The van der Waals surface area contributed by atoms with Gasteiger partial charge in [0.05, 0.1) is 5.25 Å². The second kappa shape index (κ2) is 7.47. The Morgan fingerprint density at radius 1 is 1.23 bits per heavy atom. The van der Waals surface area contributed by atoms with Gasteiger partial charge in [-0.15, -0.1) is 0 Å². The minimum Gasteiger partial charge on any atom is -0.345 e. The zero-order valence-corrected chi connectivity index (χ0v) is 14.4. The van der Waals surface area contributed by atoms with Crippen LogP contribution in [0.15, 0.2) is 24.3 Å². The summed E-state index contributed by atoms with van der Waals surface area (Å²) in [7, 11) is -1.65. The molecule has 0 N–H and O–H groups in total. The predicted octanol–water partition coefficient (Wildman–Crippen LogP) is 2.70. The molecule has 0 aromatic heterocycles. The largest absolute Gasteiger partial charge is 0.345 e. The van der Waals surface area contributed by atoms with Crippen molar-refractivity contribution >= 4 is 27.3 Å². The van der Waals surface area contributed by atoms with Gasteiger partial charge in [0, 0.05) is 18.6 Å². The average molecular weight is 344 g/mol. The van der Waals surface area contributed by atoms with Crippen molar-refractivity contribution in [2.45, 2.75) is 37.4 Å². The Morgan fingerprint density at radius 2 is 1.82 bits per heavy atom. The third-order valence-electron chi connectivity index (χ3n) is 4.21. The van der Waals surface area contributed by atoms with E-state index in [-0.39, 0.29) is 16.9 Å². The molecular formula is C16H22ClNO3S. The van der Waals surface area contributed by atoms with Crippen molar-refractivity contribution in [3.05, 3.63) is 34.9 Å². The van der Waals surface area contributed by atoms with Gasteiger partial charge in [0.1, 0.15) is 5.75 Å². The Kier molecular flexibility index (Phi) is 5.87. The van der Waals surface area contributed by atoms with Crippen molar-refractivity contribution in [2.24, 2.45) is 0 Å². The first kappa shape index (κ1) is 17.3. The van der Waals surface area contributed by atoms with Crippen LogP contribution in [0.3, 0.4) is 0 Å². The molecule has 1 aliphatic rings. The highest BCUT2D eigenvalue weighted by molar-refractivity contribution is 7.92. The summed E-state index contributed by atoms with van der Waals surface area (Å²) in [4.78, 5) is 13.6. The average Bonchev–Trinajstić information content (AvgIpc) is 3.01. The molecule has 2 rings (SSSR count). The number of carbonyl (C=O) groups is 1. The highest BCUT2D eigenvalue weighted by Gasteiger charge is 2.31. The van der Waals surface area contributed by atoms with E-state index in [2.05, 4.69) is 0 Å². The van der Waals surface area contributed by atoms with Crippen LogP contribution >= 0.6 is 11.6 Å². The van der Waals surface area contributed by atoms with E-state index in [1.807, 2.05) is 24.3 Å². The van der Waals surface area contributed by atoms with Crippen molar-refractivity contribution in [2.75, 3.05) is 19.3 Å². The number of sulfone groups is 1. The number of likely N-dealkylation sites (N-methyl/N-ethyl adjacent to an activating group) is 1. The quantitative estimate of drug-likeness (QED) is 0.798. The number of rotatable bonds is 6. The fourth-order valence-electron chi connectivity index (χ4n) is 2.72. The molecule has 0 saturated heterocycles. The molecule has 22 heavy (non-hydrogen) atoms. The third kappa shape index (κ3) is 4.71. The van der Waals surface area contributed by atoms with Crippen molar-refractivity contribution in [1.29, 1.82) is 0 Å². The van der Waals surface area contributed by atoms with Gasteiger partial charge < -0.3 is 4.90 Å². The van der Waals surface area contributed by atoms with E-state index < -0.39 is 9.84 Å². The van der Waals surface area contributed by atoms with Gasteiger partial charge in [0.2, 0.25) is 5.91 Å². The van der Waals surface area contributed by atoms with Crippen molar-refractivity contribution in [1.82, 2.24) is 4.90 Å². The second-order valence-corrected chi connectivity index (χ2v) is 8.62. The van der Waals surface area contributed by atoms with Gasteiger partial charge in [0.15, 0.2) is 9.84 Å². The standard InChI is InChI=1S/C16H22ClNO3S/c1-18(11-10-13-6-8-14(17)9-7-13)16(19)12-22(20,21)15-4-2-3-5-15/h6-9,15H,2-5,10-12H2,1H3. The summed E-state index contributed by atoms with van der Waals surface area (Å²) >= 11 is 5.83. The number of benzene rings is 1. The number of hydrogen-bond acceptors (Lipinski definition) is 3. The van der Waals surface area contributed by atoms with E-state index >= 15 is 0 Å². The lowest BCUT2D eigenvalue weighted by molar-refractivity contribution is -0.127. The Morgan fingerprint density at radius 3 is 2.41 bits per heavy atom. The monoisotopic (exact) mass is 343 g/mol. The smallest absolute Gasteiger partial charge is 0.237 e. The van der Waals surface area contributed by atoms with E-state index in [0.29, 0.717) is 30.8 Å². The van der Waals surface area contributed by atoms with E-state index in [1.54, 1.807) is 7.05 Å². The summed E-state index contributed by atoms with van der Waals surface area (Å²) in [5, 5.41) is 0.358. The Labute approximate surface area is 137 Å². The fourth-order valence-corrected chi connectivity index (χ4v) is 4.70. The summed E-state index contributed by atoms with van der Waals surface area (Å²) in [5.41, 5.74) is 1.07. The van der Waals surface area contributed by atoms with Gasteiger partial charge in [-0.1, -0.05) is 36.6 Å². The van der Waals surface area contributed by atoms with Crippen LogP contribution in [-0.4, -0.2) is 43.8 Å². The molecule has 1 aromatic rings. The van der Waals surface area contributed by atoms with Gasteiger partial charge in [-0.05, 0) is 37.0 Å². The van der Waals surface area contributed by atoms with Crippen molar-refractivity contribution < 1.29 is 13.2 Å². The second-order valence-electron chi connectivity index (χ2n) is 5.91. The van der Waals surface area contributed by atoms with Crippen LogP contribution in [-0.2, 0) is 21.1 Å². The number of halogens is 1. The number of amides is 1. The predicted molar refractivity (Wildman–Crippen MR) is 88.8 cm³/mol. The van der Waals surface area contributed by atoms with Gasteiger partial charge in [-0.25, -0.2) is 8.42 Å². The maximum Gasteiger partial charge on any atom is 0.237 e. The Bertz CT molecular complexity index is 607. The highest BCUT2D eigenvalue weighted by Crippen LogP contribution is 2.25. The molecule has 0 spiro atoms. The zero-order chi connectivity index (χ0) is 16.2. The summed E-state index contributed by atoms with van der Waals surface area (Å²) in [6.45, 7) is 0.501. The molecule has 0 atom stereocenters.